The van der Waals surface area contributed by atoms with Crippen LogP contribution in [0.4, 0.5) is 11.6 Å². The predicted molar refractivity (Wildman–Crippen MR) is 118 cm³/mol. The van der Waals surface area contributed by atoms with Crippen molar-refractivity contribution in [1.82, 2.24) is 18.7 Å². The van der Waals surface area contributed by atoms with Gasteiger partial charge in [0.15, 0.2) is 11.2 Å². The van der Waals surface area contributed by atoms with Gasteiger partial charge in [-0.3, -0.25) is 13.9 Å². The first-order valence-electron chi connectivity index (χ1n) is 9.81. The molecule has 3 heterocycles. The lowest BCUT2D eigenvalue weighted by atomic mass is 10.2. The van der Waals surface area contributed by atoms with Crippen LogP contribution in [0.3, 0.4) is 0 Å². The van der Waals surface area contributed by atoms with Gasteiger partial charge in [0, 0.05) is 30.8 Å². The minimum atomic E-state index is -0.385. The van der Waals surface area contributed by atoms with Gasteiger partial charge in [-0.25, -0.2) is 4.79 Å². The molecule has 0 saturated carbocycles. The van der Waals surface area contributed by atoms with Crippen molar-refractivity contribution in [2.45, 2.75) is 19.5 Å². The largest absolute Gasteiger partial charge is 0.332 e. The molecular formula is C22H20ClN5O2. The number of anilines is 2. The van der Waals surface area contributed by atoms with Crippen LogP contribution in [0.15, 0.2) is 64.2 Å². The van der Waals surface area contributed by atoms with Gasteiger partial charge in [-0.1, -0.05) is 41.9 Å². The maximum Gasteiger partial charge on any atom is 0.332 e. The lowest BCUT2D eigenvalue weighted by Crippen LogP contribution is -2.40. The van der Waals surface area contributed by atoms with Gasteiger partial charge in [0.2, 0.25) is 5.95 Å². The number of para-hydroxylation sites is 1. The van der Waals surface area contributed by atoms with E-state index >= 15 is 0 Å². The zero-order chi connectivity index (χ0) is 20.8. The molecule has 0 saturated heterocycles. The van der Waals surface area contributed by atoms with Crippen LogP contribution in [0, 0.1) is 0 Å². The molecule has 0 N–H and O–H groups in total. The van der Waals surface area contributed by atoms with Gasteiger partial charge >= 0.3 is 5.69 Å². The van der Waals surface area contributed by atoms with Crippen molar-refractivity contribution in [3.05, 3.63) is 86.0 Å². The normalized spacial score (nSPS) is 13.6. The molecule has 0 amide bonds. The lowest BCUT2D eigenvalue weighted by molar-refractivity contribution is 0.597. The molecule has 7 nitrogen and oxygen atoms in total. The Morgan fingerprint density at radius 1 is 1.00 bits per heavy atom. The predicted octanol–water partition coefficient (Wildman–Crippen LogP) is 3.14. The summed E-state index contributed by atoms with van der Waals surface area (Å²) < 4.78 is 4.66. The molecule has 0 radical (unpaired) electrons. The Morgan fingerprint density at radius 2 is 1.73 bits per heavy atom. The maximum absolute atomic E-state index is 13.4. The topological polar surface area (TPSA) is 65.1 Å². The van der Waals surface area contributed by atoms with Crippen molar-refractivity contribution in [2.75, 3.05) is 11.4 Å². The second kappa shape index (κ2) is 7.18. The Kier molecular flexibility index (Phi) is 4.47. The number of nitrogens with zero attached hydrogens (tertiary/aromatic N) is 5. The van der Waals surface area contributed by atoms with Crippen molar-refractivity contribution in [3.8, 4) is 0 Å². The van der Waals surface area contributed by atoms with E-state index in [1.165, 1.54) is 9.13 Å². The quantitative estimate of drug-likeness (QED) is 0.509. The van der Waals surface area contributed by atoms with Gasteiger partial charge < -0.3 is 9.47 Å². The van der Waals surface area contributed by atoms with Crippen LogP contribution in [0.5, 0.6) is 0 Å². The fourth-order valence-corrected chi connectivity index (χ4v) is 4.16. The zero-order valence-corrected chi connectivity index (χ0v) is 17.2. The van der Waals surface area contributed by atoms with E-state index in [0.29, 0.717) is 28.7 Å². The van der Waals surface area contributed by atoms with Crippen LogP contribution >= 0.6 is 11.6 Å². The number of aryl methyl sites for hydroxylation is 2. The van der Waals surface area contributed by atoms with Crippen LogP contribution in [-0.2, 0) is 20.1 Å². The smallest absolute Gasteiger partial charge is 0.312 e. The van der Waals surface area contributed by atoms with Crippen LogP contribution in [0.1, 0.15) is 12.0 Å². The number of aromatic nitrogens is 4. The monoisotopic (exact) mass is 421 g/mol. The highest BCUT2D eigenvalue weighted by Gasteiger charge is 2.26. The standard InChI is InChI=1S/C22H20ClN5O2/c1-25-19-18(20(29)28(22(25)30)14-15-8-10-16(23)11-9-15)27-13-5-12-26(21(27)24-19)17-6-3-2-4-7-17/h2-4,6-11H,5,12-14H2,1H3. The summed E-state index contributed by atoms with van der Waals surface area (Å²) in [6.45, 7) is 1.67. The first-order valence-corrected chi connectivity index (χ1v) is 10.2. The molecule has 1 aliphatic rings. The molecule has 152 valence electrons. The summed E-state index contributed by atoms with van der Waals surface area (Å²) in [5, 5.41) is 0.611. The number of hydrogen-bond donors (Lipinski definition) is 0. The molecule has 4 aromatic rings. The fourth-order valence-electron chi connectivity index (χ4n) is 4.03. The van der Waals surface area contributed by atoms with Crippen molar-refractivity contribution >= 4 is 34.4 Å². The fraction of sp³-hybridized carbons (Fsp3) is 0.227. The van der Waals surface area contributed by atoms with Crippen LogP contribution in [-0.4, -0.2) is 25.2 Å². The summed E-state index contributed by atoms with van der Waals surface area (Å²) in [5.74, 6) is 0.693. The average molecular weight is 422 g/mol. The molecule has 1 aliphatic heterocycles. The molecule has 2 aromatic carbocycles. The van der Waals surface area contributed by atoms with E-state index in [0.717, 1.165) is 24.2 Å². The summed E-state index contributed by atoms with van der Waals surface area (Å²) in [6.07, 6.45) is 0.882. The summed E-state index contributed by atoms with van der Waals surface area (Å²) in [7, 11) is 1.66. The van der Waals surface area contributed by atoms with Crippen molar-refractivity contribution < 1.29 is 0 Å². The summed E-state index contributed by atoms with van der Waals surface area (Å²) in [4.78, 5) is 33.2. The molecule has 0 atom stereocenters. The molecule has 0 unspecified atom stereocenters. The Morgan fingerprint density at radius 3 is 2.47 bits per heavy atom. The SMILES string of the molecule is Cn1c(=O)n(Cc2ccc(Cl)cc2)c(=O)c2c1nc1n2CCCN1c1ccccc1. The third-order valence-electron chi connectivity index (χ3n) is 5.54. The number of fused-ring (bicyclic) bond motifs is 3. The highest BCUT2D eigenvalue weighted by Crippen LogP contribution is 2.30. The number of hydrogen-bond acceptors (Lipinski definition) is 4. The lowest BCUT2D eigenvalue weighted by Gasteiger charge is -2.28. The number of halogens is 1. The van der Waals surface area contributed by atoms with Crippen LogP contribution in [0.25, 0.3) is 11.2 Å². The Labute approximate surface area is 177 Å². The summed E-state index contributed by atoms with van der Waals surface area (Å²) in [5.41, 5.74) is 2.01. The first-order chi connectivity index (χ1) is 14.5. The van der Waals surface area contributed by atoms with Crippen molar-refractivity contribution in [3.63, 3.8) is 0 Å². The van der Waals surface area contributed by atoms with Gasteiger partial charge in [-0.2, -0.15) is 4.98 Å². The second-order valence-electron chi connectivity index (χ2n) is 7.44. The van der Waals surface area contributed by atoms with Gasteiger partial charge in [0.05, 0.1) is 6.54 Å². The zero-order valence-electron chi connectivity index (χ0n) is 16.5. The molecule has 0 aliphatic carbocycles. The average Bonchev–Trinajstić information content (AvgIpc) is 3.17. The highest BCUT2D eigenvalue weighted by molar-refractivity contribution is 6.30. The Balaban J connectivity index is 1.70. The number of rotatable bonds is 3. The van der Waals surface area contributed by atoms with Gasteiger partial charge in [-0.05, 0) is 36.2 Å². The van der Waals surface area contributed by atoms with E-state index in [2.05, 4.69) is 4.90 Å². The van der Waals surface area contributed by atoms with E-state index in [4.69, 9.17) is 16.6 Å². The van der Waals surface area contributed by atoms with Gasteiger partial charge in [0.1, 0.15) is 0 Å². The van der Waals surface area contributed by atoms with Crippen LogP contribution in [0.2, 0.25) is 5.02 Å². The van der Waals surface area contributed by atoms with Crippen molar-refractivity contribution in [2.24, 2.45) is 7.05 Å². The summed E-state index contributed by atoms with van der Waals surface area (Å²) in [6, 6.07) is 17.1. The molecule has 0 spiro atoms. The highest BCUT2D eigenvalue weighted by atomic mass is 35.5. The maximum atomic E-state index is 13.4. The van der Waals surface area contributed by atoms with Crippen LogP contribution < -0.4 is 16.1 Å². The summed E-state index contributed by atoms with van der Waals surface area (Å²) >= 11 is 5.96. The van der Waals surface area contributed by atoms with E-state index in [1.807, 2.05) is 47.0 Å². The molecule has 0 fully saturated rings. The number of benzene rings is 2. The Hall–Kier alpha value is -3.32. The molecule has 30 heavy (non-hydrogen) atoms. The van der Waals surface area contributed by atoms with E-state index in [1.54, 1.807) is 19.2 Å². The number of imidazole rings is 1. The van der Waals surface area contributed by atoms with Gasteiger partial charge in [0.25, 0.3) is 5.56 Å². The third-order valence-corrected chi connectivity index (χ3v) is 5.79. The van der Waals surface area contributed by atoms with E-state index < -0.39 is 0 Å². The van der Waals surface area contributed by atoms with E-state index in [-0.39, 0.29) is 17.8 Å². The van der Waals surface area contributed by atoms with Crippen molar-refractivity contribution in [1.29, 1.82) is 0 Å². The first kappa shape index (κ1) is 18.7. The third kappa shape index (κ3) is 2.93. The molecule has 0 bridgehead atoms. The molecule has 2 aromatic heterocycles. The molecule has 8 heteroatoms. The van der Waals surface area contributed by atoms with E-state index in [9.17, 15) is 9.59 Å². The molecular weight excluding hydrogens is 402 g/mol. The Bertz CT molecular complexity index is 1350. The minimum absolute atomic E-state index is 0.182. The minimum Gasteiger partial charge on any atom is -0.312 e. The molecule has 5 rings (SSSR count). The van der Waals surface area contributed by atoms with Gasteiger partial charge in [-0.15, -0.1) is 0 Å². The second-order valence-corrected chi connectivity index (χ2v) is 7.87.